The Balaban J connectivity index is 2.10. The van der Waals surface area contributed by atoms with E-state index in [0.717, 1.165) is 6.54 Å². The summed E-state index contributed by atoms with van der Waals surface area (Å²) in [5.41, 5.74) is 2.29. The van der Waals surface area contributed by atoms with E-state index in [1.807, 2.05) is 24.3 Å². The van der Waals surface area contributed by atoms with Crippen LogP contribution in [-0.4, -0.2) is 5.88 Å². The van der Waals surface area contributed by atoms with Gasteiger partial charge in [-0.05, 0) is 18.1 Å². The van der Waals surface area contributed by atoms with E-state index in [1.165, 1.54) is 11.1 Å². The molecule has 0 radical (unpaired) electrons. The van der Waals surface area contributed by atoms with Gasteiger partial charge in [0.25, 0.3) is 0 Å². The van der Waals surface area contributed by atoms with Crippen molar-refractivity contribution in [2.75, 3.05) is 5.88 Å². The molecule has 0 bridgehead atoms. The SMILES string of the molecule is CC(CCl)(NCc1ccccc1)c1ccccc1. The van der Waals surface area contributed by atoms with Gasteiger partial charge in [-0.1, -0.05) is 60.7 Å². The predicted molar refractivity (Wildman–Crippen MR) is 77.8 cm³/mol. The second-order valence-electron chi connectivity index (χ2n) is 4.67. The molecular formula is C16H18ClN. The smallest absolute Gasteiger partial charge is 0.0545 e. The fourth-order valence-electron chi connectivity index (χ4n) is 1.93. The van der Waals surface area contributed by atoms with Crippen LogP contribution in [0.1, 0.15) is 18.1 Å². The first-order valence-corrected chi connectivity index (χ1v) is 6.68. The van der Waals surface area contributed by atoms with Crippen molar-refractivity contribution >= 4 is 11.6 Å². The molecule has 0 saturated carbocycles. The zero-order chi connectivity index (χ0) is 12.8. The van der Waals surface area contributed by atoms with Crippen LogP contribution in [0.2, 0.25) is 0 Å². The Morgan fingerprint density at radius 3 is 2.06 bits per heavy atom. The largest absolute Gasteiger partial charge is 0.303 e. The minimum absolute atomic E-state index is 0.196. The minimum Gasteiger partial charge on any atom is -0.303 e. The highest BCUT2D eigenvalue weighted by atomic mass is 35.5. The van der Waals surface area contributed by atoms with Gasteiger partial charge in [0.15, 0.2) is 0 Å². The van der Waals surface area contributed by atoms with Gasteiger partial charge < -0.3 is 5.32 Å². The molecule has 2 heteroatoms. The van der Waals surface area contributed by atoms with Gasteiger partial charge in [0.1, 0.15) is 0 Å². The molecule has 94 valence electrons. The monoisotopic (exact) mass is 259 g/mol. The fourth-order valence-corrected chi connectivity index (χ4v) is 2.17. The van der Waals surface area contributed by atoms with Crippen LogP contribution < -0.4 is 5.32 Å². The quantitative estimate of drug-likeness (QED) is 0.803. The third-order valence-electron chi connectivity index (χ3n) is 3.20. The Morgan fingerprint density at radius 1 is 0.944 bits per heavy atom. The number of hydrogen-bond acceptors (Lipinski definition) is 1. The Kier molecular flexibility index (Phi) is 4.40. The summed E-state index contributed by atoms with van der Waals surface area (Å²) in [4.78, 5) is 0. The Labute approximate surface area is 114 Å². The highest BCUT2D eigenvalue weighted by molar-refractivity contribution is 6.18. The zero-order valence-electron chi connectivity index (χ0n) is 10.6. The van der Waals surface area contributed by atoms with E-state index in [2.05, 4.69) is 48.6 Å². The van der Waals surface area contributed by atoms with Gasteiger partial charge in [0, 0.05) is 12.4 Å². The molecule has 1 atom stereocenters. The molecule has 0 fully saturated rings. The molecule has 2 rings (SSSR count). The molecule has 0 aliphatic heterocycles. The summed E-state index contributed by atoms with van der Waals surface area (Å²) in [7, 11) is 0. The van der Waals surface area contributed by atoms with E-state index in [-0.39, 0.29) is 5.54 Å². The van der Waals surface area contributed by atoms with Crippen molar-refractivity contribution in [2.24, 2.45) is 0 Å². The Morgan fingerprint density at radius 2 is 1.50 bits per heavy atom. The molecule has 18 heavy (non-hydrogen) atoms. The molecular weight excluding hydrogens is 242 g/mol. The van der Waals surface area contributed by atoms with Gasteiger partial charge in [-0.3, -0.25) is 0 Å². The molecule has 1 N–H and O–H groups in total. The van der Waals surface area contributed by atoms with Crippen LogP contribution in [0.4, 0.5) is 0 Å². The molecule has 0 aliphatic carbocycles. The normalized spacial score (nSPS) is 14.1. The van der Waals surface area contributed by atoms with E-state index < -0.39 is 0 Å². The van der Waals surface area contributed by atoms with Gasteiger partial charge in [0.05, 0.1) is 5.54 Å². The molecule has 0 aromatic heterocycles. The molecule has 0 saturated heterocycles. The number of alkyl halides is 1. The molecule has 0 amide bonds. The number of halogens is 1. The minimum atomic E-state index is -0.196. The van der Waals surface area contributed by atoms with Crippen LogP contribution in [0.15, 0.2) is 60.7 Å². The predicted octanol–water partition coefficient (Wildman–Crippen LogP) is 3.93. The van der Waals surface area contributed by atoms with Crippen LogP contribution in [0.25, 0.3) is 0 Å². The average Bonchev–Trinajstić information content (AvgIpc) is 2.47. The third kappa shape index (κ3) is 3.12. The van der Waals surface area contributed by atoms with Crippen molar-refractivity contribution in [1.82, 2.24) is 5.32 Å². The number of hydrogen-bond donors (Lipinski definition) is 1. The lowest BCUT2D eigenvalue weighted by Gasteiger charge is -2.29. The maximum Gasteiger partial charge on any atom is 0.0545 e. The van der Waals surface area contributed by atoms with Crippen molar-refractivity contribution in [1.29, 1.82) is 0 Å². The molecule has 0 spiro atoms. The van der Waals surface area contributed by atoms with E-state index >= 15 is 0 Å². The van der Waals surface area contributed by atoms with Crippen molar-refractivity contribution in [3.05, 3.63) is 71.8 Å². The lowest BCUT2D eigenvalue weighted by Crippen LogP contribution is -2.40. The fraction of sp³-hybridized carbons (Fsp3) is 0.250. The van der Waals surface area contributed by atoms with Crippen LogP contribution in [-0.2, 0) is 12.1 Å². The molecule has 0 heterocycles. The van der Waals surface area contributed by atoms with Crippen LogP contribution in [0.5, 0.6) is 0 Å². The van der Waals surface area contributed by atoms with Crippen LogP contribution >= 0.6 is 11.6 Å². The Bertz CT molecular complexity index is 469. The topological polar surface area (TPSA) is 12.0 Å². The van der Waals surface area contributed by atoms with Crippen molar-refractivity contribution in [3.8, 4) is 0 Å². The first kappa shape index (κ1) is 13.1. The van der Waals surface area contributed by atoms with E-state index in [0.29, 0.717) is 5.88 Å². The van der Waals surface area contributed by atoms with Crippen LogP contribution in [0.3, 0.4) is 0 Å². The van der Waals surface area contributed by atoms with Gasteiger partial charge in [-0.15, -0.1) is 11.6 Å². The zero-order valence-corrected chi connectivity index (χ0v) is 11.3. The van der Waals surface area contributed by atoms with Gasteiger partial charge in [-0.25, -0.2) is 0 Å². The lowest BCUT2D eigenvalue weighted by molar-refractivity contribution is 0.407. The van der Waals surface area contributed by atoms with Gasteiger partial charge in [-0.2, -0.15) is 0 Å². The maximum absolute atomic E-state index is 6.15. The summed E-state index contributed by atoms with van der Waals surface area (Å²) in [6.07, 6.45) is 0. The standard InChI is InChI=1S/C16H18ClN/c1-16(13-17,15-10-6-3-7-11-15)18-12-14-8-4-2-5-9-14/h2-11,18H,12-13H2,1H3. The van der Waals surface area contributed by atoms with E-state index in [9.17, 15) is 0 Å². The summed E-state index contributed by atoms with van der Waals surface area (Å²) in [6.45, 7) is 2.96. The molecule has 1 nitrogen and oxygen atoms in total. The van der Waals surface area contributed by atoms with E-state index in [4.69, 9.17) is 11.6 Å². The van der Waals surface area contributed by atoms with Crippen molar-refractivity contribution in [3.63, 3.8) is 0 Å². The summed E-state index contributed by atoms with van der Waals surface area (Å²) < 4.78 is 0. The number of nitrogens with one attached hydrogen (secondary N) is 1. The molecule has 2 aromatic carbocycles. The number of benzene rings is 2. The molecule has 2 aromatic rings. The van der Waals surface area contributed by atoms with Crippen molar-refractivity contribution < 1.29 is 0 Å². The third-order valence-corrected chi connectivity index (χ3v) is 3.74. The van der Waals surface area contributed by atoms with Gasteiger partial charge >= 0.3 is 0 Å². The molecule has 1 unspecified atom stereocenters. The highest BCUT2D eigenvalue weighted by Crippen LogP contribution is 2.22. The summed E-state index contributed by atoms with van der Waals surface area (Å²) >= 11 is 6.15. The second kappa shape index (κ2) is 6.03. The van der Waals surface area contributed by atoms with E-state index in [1.54, 1.807) is 0 Å². The summed E-state index contributed by atoms with van der Waals surface area (Å²) in [5, 5.41) is 3.55. The van der Waals surface area contributed by atoms with Gasteiger partial charge in [0.2, 0.25) is 0 Å². The van der Waals surface area contributed by atoms with Crippen molar-refractivity contribution in [2.45, 2.75) is 19.0 Å². The average molecular weight is 260 g/mol. The lowest BCUT2D eigenvalue weighted by atomic mass is 9.94. The molecule has 0 aliphatic rings. The maximum atomic E-state index is 6.15. The Hall–Kier alpha value is -1.31. The first-order valence-electron chi connectivity index (χ1n) is 6.15. The first-order chi connectivity index (χ1) is 8.74. The number of rotatable bonds is 5. The second-order valence-corrected chi connectivity index (χ2v) is 4.94. The summed E-state index contributed by atoms with van der Waals surface area (Å²) in [6, 6.07) is 20.7. The highest BCUT2D eigenvalue weighted by Gasteiger charge is 2.24. The van der Waals surface area contributed by atoms with Crippen LogP contribution in [0, 0.1) is 0 Å². The summed E-state index contributed by atoms with van der Waals surface area (Å²) in [5.74, 6) is 0.545.